The summed E-state index contributed by atoms with van der Waals surface area (Å²) in [5.41, 5.74) is 3.62. The average molecular weight is 436 g/mol. The first-order valence-electron chi connectivity index (χ1n) is 9.76. The first-order chi connectivity index (χ1) is 15.1. The number of methoxy groups -OCH3 is 1. The lowest BCUT2D eigenvalue weighted by Gasteiger charge is -2.11. The Hall–Kier alpha value is -3.35. The molecule has 0 fully saturated rings. The van der Waals surface area contributed by atoms with E-state index in [-0.39, 0.29) is 17.9 Å². The predicted octanol–water partition coefficient (Wildman–Crippen LogP) is 4.70. The second-order valence-electron chi connectivity index (χ2n) is 7.07. The minimum atomic E-state index is -0.169. The Morgan fingerprint density at radius 2 is 1.84 bits per heavy atom. The van der Waals surface area contributed by atoms with E-state index in [0.29, 0.717) is 17.9 Å². The molecule has 1 aliphatic rings. The zero-order valence-electron chi connectivity index (χ0n) is 17.3. The third kappa shape index (κ3) is 4.55. The SMILES string of the molecule is COc1ccc(/C=C2/C(=O)N(C)C=Cc3c2nc(Cl)n3COCc2ccccc2)cc1. The smallest absolute Gasteiger partial charge is 0.259 e. The van der Waals surface area contributed by atoms with Crippen molar-refractivity contribution in [2.75, 3.05) is 14.2 Å². The van der Waals surface area contributed by atoms with E-state index in [1.54, 1.807) is 24.9 Å². The van der Waals surface area contributed by atoms with Gasteiger partial charge in [0.2, 0.25) is 5.28 Å². The predicted molar refractivity (Wildman–Crippen MR) is 121 cm³/mol. The Kier molecular flexibility index (Phi) is 6.21. The number of fused-ring (bicyclic) bond motifs is 1. The molecule has 6 nitrogen and oxygen atoms in total. The highest BCUT2D eigenvalue weighted by atomic mass is 35.5. The largest absolute Gasteiger partial charge is 0.497 e. The molecule has 0 unspecified atom stereocenters. The van der Waals surface area contributed by atoms with Gasteiger partial charge in [0, 0.05) is 13.2 Å². The van der Waals surface area contributed by atoms with Crippen LogP contribution < -0.4 is 4.74 Å². The Balaban J connectivity index is 1.66. The molecule has 0 bridgehead atoms. The Morgan fingerprint density at radius 3 is 2.55 bits per heavy atom. The van der Waals surface area contributed by atoms with Crippen LogP contribution in [-0.2, 0) is 22.9 Å². The van der Waals surface area contributed by atoms with Crippen LogP contribution in [0.15, 0.2) is 60.8 Å². The molecule has 1 aliphatic heterocycles. The quantitative estimate of drug-likeness (QED) is 0.526. The number of nitrogens with zero attached hydrogens (tertiary/aromatic N) is 3. The Morgan fingerprint density at radius 1 is 1.10 bits per heavy atom. The minimum Gasteiger partial charge on any atom is -0.497 e. The van der Waals surface area contributed by atoms with E-state index >= 15 is 0 Å². The molecule has 0 saturated carbocycles. The van der Waals surface area contributed by atoms with Crippen molar-refractivity contribution < 1.29 is 14.3 Å². The van der Waals surface area contributed by atoms with E-state index < -0.39 is 0 Å². The molecule has 158 valence electrons. The first kappa shape index (κ1) is 20.9. The molecular formula is C24H22ClN3O3. The second kappa shape index (κ2) is 9.20. The highest BCUT2D eigenvalue weighted by Crippen LogP contribution is 2.30. The first-order valence-corrected chi connectivity index (χ1v) is 10.1. The fourth-order valence-corrected chi connectivity index (χ4v) is 3.52. The van der Waals surface area contributed by atoms with Gasteiger partial charge in [-0.05, 0) is 47.0 Å². The van der Waals surface area contributed by atoms with Gasteiger partial charge in [-0.15, -0.1) is 0 Å². The fourth-order valence-electron chi connectivity index (χ4n) is 3.29. The summed E-state index contributed by atoms with van der Waals surface area (Å²) in [4.78, 5) is 19.0. The molecule has 2 heterocycles. The van der Waals surface area contributed by atoms with Crippen LogP contribution in [0.3, 0.4) is 0 Å². The summed E-state index contributed by atoms with van der Waals surface area (Å²) in [6, 6.07) is 17.4. The average Bonchev–Trinajstić information content (AvgIpc) is 3.05. The van der Waals surface area contributed by atoms with Crippen LogP contribution in [0.1, 0.15) is 22.5 Å². The normalized spacial score (nSPS) is 14.6. The van der Waals surface area contributed by atoms with Gasteiger partial charge < -0.3 is 14.4 Å². The van der Waals surface area contributed by atoms with Crippen molar-refractivity contribution in [3.8, 4) is 5.75 Å². The van der Waals surface area contributed by atoms with Crippen molar-refractivity contribution in [2.24, 2.45) is 0 Å². The zero-order chi connectivity index (χ0) is 21.8. The number of likely N-dealkylation sites (N-methyl/N-ethyl adjacent to an activating group) is 1. The number of amides is 1. The molecule has 31 heavy (non-hydrogen) atoms. The lowest BCUT2D eigenvalue weighted by molar-refractivity contribution is -0.121. The Labute approximate surface area is 186 Å². The number of hydrogen-bond donors (Lipinski definition) is 0. The van der Waals surface area contributed by atoms with Gasteiger partial charge in [0.15, 0.2) is 0 Å². The van der Waals surface area contributed by atoms with E-state index in [1.807, 2.05) is 66.7 Å². The second-order valence-corrected chi connectivity index (χ2v) is 7.41. The van der Waals surface area contributed by atoms with Crippen molar-refractivity contribution in [2.45, 2.75) is 13.3 Å². The van der Waals surface area contributed by atoms with Crippen molar-refractivity contribution in [3.63, 3.8) is 0 Å². The molecule has 1 aromatic heterocycles. The third-order valence-electron chi connectivity index (χ3n) is 4.98. The van der Waals surface area contributed by atoms with Crippen molar-refractivity contribution in [1.82, 2.24) is 14.5 Å². The highest BCUT2D eigenvalue weighted by Gasteiger charge is 2.26. The van der Waals surface area contributed by atoms with Crippen LogP contribution in [0.4, 0.5) is 0 Å². The summed E-state index contributed by atoms with van der Waals surface area (Å²) in [5.74, 6) is 0.578. The van der Waals surface area contributed by atoms with Crippen LogP contribution in [0.25, 0.3) is 17.7 Å². The number of halogens is 1. The molecule has 0 radical (unpaired) electrons. The molecule has 7 heteroatoms. The monoisotopic (exact) mass is 435 g/mol. The zero-order valence-corrected chi connectivity index (χ0v) is 18.0. The lowest BCUT2D eigenvalue weighted by atomic mass is 10.1. The molecule has 0 spiro atoms. The molecule has 0 atom stereocenters. The van der Waals surface area contributed by atoms with Gasteiger partial charge in [-0.1, -0.05) is 42.5 Å². The van der Waals surface area contributed by atoms with Gasteiger partial charge in [0.1, 0.15) is 18.2 Å². The van der Waals surface area contributed by atoms with Gasteiger partial charge >= 0.3 is 0 Å². The van der Waals surface area contributed by atoms with Crippen molar-refractivity contribution >= 4 is 35.2 Å². The van der Waals surface area contributed by atoms with E-state index in [1.165, 1.54) is 4.90 Å². The Bertz CT molecular complexity index is 1130. The third-order valence-corrected chi connectivity index (χ3v) is 5.27. The summed E-state index contributed by atoms with van der Waals surface area (Å²) < 4.78 is 12.8. The highest BCUT2D eigenvalue weighted by molar-refractivity contribution is 6.30. The van der Waals surface area contributed by atoms with Crippen LogP contribution in [-0.4, -0.2) is 34.5 Å². The van der Waals surface area contributed by atoms with Crippen LogP contribution >= 0.6 is 11.6 Å². The molecule has 3 aromatic rings. The van der Waals surface area contributed by atoms with Crippen LogP contribution in [0, 0.1) is 0 Å². The van der Waals surface area contributed by atoms with Crippen molar-refractivity contribution in [3.05, 3.63) is 88.6 Å². The van der Waals surface area contributed by atoms with Gasteiger partial charge in [0.05, 0.1) is 25.0 Å². The molecule has 0 saturated heterocycles. The maximum atomic E-state index is 13.0. The lowest BCUT2D eigenvalue weighted by Crippen LogP contribution is -2.21. The maximum Gasteiger partial charge on any atom is 0.259 e. The van der Waals surface area contributed by atoms with E-state index in [9.17, 15) is 4.79 Å². The number of ether oxygens (including phenoxy) is 2. The topological polar surface area (TPSA) is 56.6 Å². The number of carbonyl (C=O) groups is 1. The van der Waals surface area contributed by atoms with E-state index in [2.05, 4.69) is 4.98 Å². The molecule has 0 N–H and O–H groups in total. The minimum absolute atomic E-state index is 0.169. The van der Waals surface area contributed by atoms with Gasteiger partial charge in [-0.25, -0.2) is 4.98 Å². The standard InChI is InChI=1S/C24H22ClN3O3/c1-27-13-12-21-22(20(23(27)29)14-17-8-10-19(30-2)11-9-17)26-24(25)28(21)16-31-15-18-6-4-3-5-7-18/h3-14H,15-16H2,1-2H3/b20-14+. The molecule has 1 amide bonds. The molecule has 0 aliphatic carbocycles. The number of carbonyl (C=O) groups excluding carboxylic acids is 1. The van der Waals surface area contributed by atoms with Crippen LogP contribution in [0.5, 0.6) is 5.75 Å². The summed E-state index contributed by atoms with van der Waals surface area (Å²) >= 11 is 6.43. The summed E-state index contributed by atoms with van der Waals surface area (Å²) in [5, 5.41) is 0.265. The van der Waals surface area contributed by atoms with E-state index in [0.717, 1.165) is 22.6 Å². The van der Waals surface area contributed by atoms with Crippen LogP contribution in [0.2, 0.25) is 5.28 Å². The van der Waals surface area contributed by atoms with Gasteiger partial charge in [-0.3, -0.25) is 9.36 Å². The number of benzene rings is 2. The molecule has 2 aromatic carbocycles. The number of aromatic nitrogens is 2. The fraction of sp³-hybridized carbons (Fsp3) is 0.167. The number of imidazole rings is 1. The summed E-state index contributed by atoms with van der Waals surface area (Å²) in [6.07, 6.45) is 5.34. The summed E-state index contributed by atoms with van der Waals surface area (Å²) in [7, 11) is 3.33. The summed E-state index contributed by atoms with van der Waals surface area (Å²) in [6.45, 7) is 0.662. The van der Waals surface area contributed by atoms with Gasteiger partial charge in [0.25, 0.3) is 5.91 Å². The molecule has 4 rings (SSSR count). The molecular weight excluding hydrogens is 414 g/mol. The maximum absolute atomic E-state index is 13.0. The number of rotatable bonds is 6. The van der Waals surface area contributed by atoms with Crippen molar-refractivity contribution in [1.29, 1.82) is 0 Å². The van der Waals surface area contributed by atoms with E-state index in [4.69, 9.17) is 21.1 Å². The van der Waals surface area contributed by atoms with Gasteiger partial charge in [-0.2, -0.15) is 0 Å². The number of hydrogen-bond acceptors (Lipinski definition) is 4.